The van der Waals surface area contributed by atoms with Crippen molar-refractivity contribution in [2.24, 2.45) is 0 Å². The van der Waals surface area contributed by atoms with Crippen LogP contribution < -0.4 is 14.5 Å². The summed E-state index contributed by atoms with van der Waals surface area (Å²) in [5.41, 5.74) is 15.2. The van der Waals surface area contributed by atoms with Crippen molar-refractivity contribution in [3.8, 4) is 17.3 Å². The van der Waals surface area contributed by atoms with Crippen LogP contribution in [0.4, 0.5) is 22.7 Å². The van der Waals surface area contributed by atoms with Gasteiger partial charge in [0.25, 0.3) is 0 Å². The molecule has 0 N–H and O–H groups in total. The first kappa shape index (κ1) is 54.4. The van der Waals surface area contributed by atoms with Crippen LogP contribution in [0, 0.1) is 18.8 Å². The van der Waals surface area contributed by atoms with Crippen LogP contribution in [0.1, 0.15) is 155 Å². The molecule has 6 heteroatoms. The van der Waals surface area contributed by atoms with E-state index in [1.54, 1.807) is 0 Å². The van der Waals surface area contributed by atoms with Crippen molar-refractivity contribution < 1.29 is 25.8 Å². The summed E-state index contributed by atoms with van der Waals surface area (Å²) in [6, 6.07) is 63.1. The number of benzene rings is 7. The molecule has 0 unspecified atom stereocenters. The van der Waals surface area contributed by atoms with Gasteiger partial charge >= 0.3 is 0 Å². The Balaban J connectivity index is 0.00000706. The Hall–Kier alpha value is -6.42. The Labute approximate surface area is 468 Å². The van der Waals surface area contributed by atoms with Crippen molar-refractivity contribution >= 4 is 44.6 Å². The number of hydrogen-bond donors (Lipinski definition) is 0. The van der Waals surface area contributed by atoms with Gasteiger partial charge in [0.2, 0.25) is 0 Å². The molecule has 10 rings (SSSR count). The van der Waals surface area contributed by atoms with Gasteiger partial charge in [-0.05, 0) is 114 Å². The minimum atomic E-state index is -0.399. The number of hydrogen-bond acceptors (Lipinski definition) is 4. The fourth-order valence-corrected chi connectivity index (χ4v) is 10.8. The Morgan fingerprint density at radius 1 is 0.434 bits per heavy atom. The molecule has 0 saturated carbocycles. The van der Waals surface area contributed by atoms with Gasteiger partial charge in [-0.25, -0.2) is 4.98 Å². The van der Waals surface area contributed by atoms with Gasteiger partial charge in [-0.2, -0.15) is 6.07 Å². The molecule has 0 spiro atoms. The van der Waals surface area contributed by atoms with Crippen molar-refractivity contribution in [3.63, 3.8) is 0 Å². The molecule has 0 aliphatic carbocycles. The minimum absolute atomic E-state index is 0. The summed E-state index contributed by atoms with van der Waals surface area (Å²) in [6.45, 7) is 39.0. The van der Waals surface area contributed by atoms with Crippen LogP contribution in [0.5, 0.6) is 11.5 Å². The molecule has 1 aliphatic rings. The zero-order valence-corrected chi connectivity index (χ0v) is 49.9. The summed E-state index contributed by atoms with van der Waals surface area (Å²) in [4.78, 5) is 9.71. The van der Waals surface area contributed by atoms with Crippen LogP contribution in [0.2, 0.25) is 0 Å². The third-order valence-corrected chi connectivity index (χ3v) is 15.7. The molecule has 76 heavy (non-hydrogen) atoms. The van der Waals surface area contributed by atoms with Crippen LogP contribution in [-0.2, 0) is 53.6 Å². The van der Waals surface area contributed by atoms with Gasteiger partial charge in [0.05, 0.1) is 0 Å². The van der Waals surface area contributed by atoms with Crippen molar-refractivity contribution in [1.29, 1.82) is 0 Å². The van der Waals surface area contributed by atoms with E-state index in [1.165, 1.54) is 38.9 Å². The predicted octanol–water partition coefficient (Wildman–Crippen LogP) is 18.8. The number of fused-ring (bicyclic) bond motifs is 4. The molecule has 2 aromatic heterocycles. The number of aromatic nitrogens is 2. The first-order chi connectivity index (χ1) is 35.2. The monoisotopic (exact) mass is 1180 g/mol. The molecule has 0 atom stereocenters. The largest absolute Gasteiger partial charge is 0.509 e. The topological polar surface area (TPSA) is 33.5 Å². The number of rotatable bonds is 9. The van der Waals surface area contributed by atoms with E-state index in [4.69, 9.17) is 9.72 Å². The molecule has 7 aromatic carbocycles. The first-order valence-electron chi connectivity index (χ1n) is 26.8. The smallest absolute Gasteiger partial charge is 0.135 e. The van der Waals surface area contributed by atoms with Gasteiger partial charge < -0.3 is 19.1 Å². The van der Waals surface area contributed by atoms with E-state index in [-0.39, 0.29) is 48.1 Å². The molecule has 5 nitrogen and oxygen atoms in total. The van der Waals surface area contributed by atoms with Crippen LogP contribution >= 0.6 is 0 Å². The van der Waals surface area contributed by atoms with Gasteiger partial charge in [0, 0.05) is 66.8 Å². The molecular weight excluding hydrogens is 1110 g/mol. The van der Waals surface area contributed by atoms with E-state index in [0.717, 1.165) is 55.9 Å². The number of anilines is 4. The fourth-order valence-electron chi connectivity index (χ4n) is 10.8. The number of nitrogens with zero attached hydrogens (tertiary/aromatic N) is 4. The molecule has 0 radical (unpaired) electrons. The van der Waals surface area contributed by atoms with E-state index in [0.29, 0.717) is 11.5 Å². The average Bonchev–Trinajstić information content (AvgIpc) is 3.96. The molecule has 3 heterocycles. The average molecular weight is 1180 g/mol. The molecular formula is C70H75N4OPt-3. The molecule has 0 bridgehead atoms. The summed E-state index contributed by atoms with van der Waals surface area (Å²) in [7, 11) is 0. The van der Waals surface area contributed by atoms with E-state index >= 15 is 0 Å². The third-order valence-electron chi connectivity index (χ3n) is 15.7. The maximum absolute atomic E-state index is 7.14. The molecule has 0 fully saturated rings. The fraction of sp³-hybridized carbons (Fsp3) is 0.314. The Kier molecular flexibility index (Phi) is 14.0. The normalized spacial score (nSPS) is 13.6. The maximum atomic E-state index is 7.14. The zero-order valence-electron chi connectivity index (χ0n) is 47.6. The number of pyridine rings is 1. The van der Waals surface area contributed by atoms with Gasteiger partial charge in [0.15, 0.2) is 0 Å². The van der Waals surface area contributed by atoms with Crippen molar-refractivity contribution in [2.75, 3.05) is 9.80 Å². The van der Waals surface area contributed by atoms with E-state index < -0.39 is 5.41 Å². The van der Waals surface area contributed by atoms with Gasteiger partial charge in [-0.15, -0.1) is 53.6 Å². The number of ether oxygens (including phenoxy) is 1. The second-order valence-corrected chi connectivity index (χ2v) is 26.0. The summed E-state index contributed by atoms with van der Waals surface area (Å²) in [5.74, 6) is 2.06. The third kappa shape index (κ3) is 10.2. The molecule has 394 valence electrons. The maximum Gasteiger partial charge on any atom is 0.135 e. The van der Waals surface area contributed by atoms with Crippen LogP contribution in [0.15, 0.2) is 158 Å². The van der Waals surface area contributed by atoms with E-state index in [9.17, 15) is 0 Å². The first-order valence-corrected chi connectivity index (χ1v) is 26.8. The summed E-state index contributed by atoms with van der Waals surface area (Å²) < 4.78 is 9.39. The van der Waals surface area contributed by atoms with Crippen molar-refractivity contribution in [2.45, 2.75) is 143 Å². The Morgan fingerprint density at radius 3 is 1.59 bits per heavy atom. The SMILES string of the molecule is CC(C)(C)c1ccnc(-n2c3[c-]c(Oc4[c-]c(N5[CH-]N(c6cccc(C(C)(C)c7ccccc7)c6)c6cc(C(C)(C)C)c(C(C)(C)C)cc65)cc(C(C)(C)c5ccccc5)c4)ccc3c3cc(C(C)(C)C)ccc32)c1.[Pt]. The standard InChI is InChI=1S/C70H75N4O.Pt/c1-65(2,3)48-30-33-60-57(39-48)56-32-31-54(42-61(56)74(60)64-40-49(34-35-71-64)66(4,5)6)75-55-38-51(70(15,16)47-26-21-18-22-27-47)37-53(41-55)73-45-72(62-43-58(67(7,8)9)59(44-63(62)73)68(10,11)12)52-29-23-28-50(36-52)69(13,14)46-24-19-17-20-25-46;/h17-40,43-45H,1-16H3;/q-3;. The van der Waals surface area contributed by atoms with Crippen molar-refractivity contribution in [3.05, 3.63) is 221 Å². The quantitative estimate of drug-likeness (QED) is 0.135. The predicted molar refractivity (Wildman–Crippen MR) is 316 cm³/mol. The summed E-state index contributed by atoms with van der Waals surface area (Å²) >= 11 is 0. The van der Waals surface area contributed by atoms with E-state index in [2.05, 4.69) is 296 Å². The Morgan fingerprint density at radius 2 is 1.00 bits per heavy atom. The minimum Gasteiger partial charge on any atom is -0.509 e. The molecule has 0 saturated heterocycles. The molecule has 1 aliphatic heterocycles. The van der Waals surface area contributed by atoms with Gasteiger partial charge in [-0.1, -0.05) is 201 Å². The van der Waals surface area contributed by atoms with Crippen LogP contribution in [0.3, 0.4) is 0 Å². The van der Waals surface area contributed by atoms with Gasteiger partial charge in [-0.3, -0.25) is 0 Å². The Bertz CT molecular complexity index is 3600. The summed E-state index contributed by atoms with van der Waals surface area (Å²) in [5, 5.41) is 2.26. The summed E-state index contributed by atoms with van der Waals surface area (Å²) in [6.07, 6.45) is 1.93. The van der Waals surface area contributed by atoms with Gasteiger partial charge in [0.1, 0.15) is 5.82 Å². The van der Waals surface area contributed by atoms with Crippen molar-refractivity contribution in [1.82, 2.24) is 9.55 Å². The second kappa shape index (κ2) is 19.5. The van der Waals surface area contributed by atoms with Crippen LogP contribution in [0.25, 0.3) is 27.6 Å². The zero-order chi connectivity index (χ0) is 53.6. The molecule has 0 amide bonds. The second-order valence-electron chi connectivity index (χ2n) is 26.0. The van der Waals surface area contributed by atoms with Crippen LogP contribution in [-0.4, -0.2) is 9.55 Å². The molecule has 9 aromatic rings. The van der Waals surface area contributed by atoms with E-state index in [1.807, 2.05) is 6.20 Å².